The molecule has 2 aromatic carbocycles. The van der Waals surface area contributed by atoms with E-state index in [0.29, 0.717) is 55.1 Å². The summed E-state index contributed by atoms with van der Waals surface area (Å²) in [5, 5.41) is 16.5. The molecule has 0 spiro atoms. The Morgan fingerprint density at radius 3 is 2.35 bits per heavy atom. The number of nitrogens with one attached hydrogen (secondary N) is 1. The number of hydrogen-bond acceptors (Lipinski definition) is 7. The van der Waals surface area contributed by atoms with Crippen LogP contribution in [0.4, 0.5) is 13.2 Å². The molecule has 272 valence electrons. The van der Waals surface area contributed by atoms with Crippen LogP contribution in [-0.2, 0) is 22.8 Å². The summed E-state index contributed by atoms with van der Waals surface area (Å²) >= 11 is 0. The number of nitrogens with two attached hydrogens (primary N) is 1. The van der Waals surface area contributed by atoms with Crippen molar-refractivity contribution in [2.24, 2.45) is 12.8 Å². The molecule has 0 aliphatic carbocycles. The number of likely N-dealkylation sites (N-methyl/N-ethyl adjacent to an activating group) is 1. The molecule has 0 saturated carbocycles. The first-order valence-electron chi connectivity index (χ1n) is 16.4. The van der Waals surface area contributed by atoms with Crippen LogP contribution in [0.1, 0.15) is 41.3 Å². The standard InChI is InChI=1S/C36H38F3N9O4/c1-23(49)18-26(41)21-48(3,4)22-31(50)45-16-13-27(14-17-45)43-34(51)32-33(30-12-15-42-46(30)28-10-8-24(20-40)9-11-28)44(2)47(35(32)52)29-7-5-6-25(19-29)36(37,38)39/h5-12,15,18-19,27H,13-14,16-17,21-22H2,1-4H3,(H2-,41,43,49,51)/p+1. The molecule has 5 rings (SSSR count). The van der Waals surface area contributed by atoms with E-state index in [2.05, 4.69) is 10.4 Å². The van der Waals surface area contributed by atoms with Crippen LogP contribution in [0.5, 0.6) is 0 Å². The number of likely N-dealkylation sites (tertiary alicyclic amines) is 1. The fraction of sp³-hybridized carbons (Fsp3) is 0.333. The van der Waals surface area contributed by atoms with E-state index in [9.17, 15) is 37.6 Å². The second kappa shape index (κ2) is 14.7. The number of nitriles is 1. The summed E-state index contributed by atoms with van der Waals surface area (Å²) in [5.41, 5.74) is 5.47. The Labute approximate surface area is 297 Å². The molecule has 1 saturated heterocycles. The maximum Gasteiger partial charge on any atom is 0.416 e. The van der Waals surface area contributed by atoms with Gasteiger partial charge in [-0.05, 0) is 68.3 Å². The van der Waals surface area contributed by atoms with E-state index in [4.69, 9.17) is 5.73 Å². The van der Waals surface area contributed by atoms with Crippen molar-refractivity contribution in [1.82, 2.24) is 29.4 Å². The highest BCUT2D eigenvalue weighted by molar-refractivity contribution is 6.00. The lowest BCUT2D eigenvalue weighted by Crippen LogP contribution is -2.53. The summed E-state index contributed by atoms with van der Waals surface area (Å²) < 4.78 is 45.1. The number of aromatic nitrogens is 4. The lowest BCUT2D eigenvalue weighted by atomic mass is 10.0. The molecule has 1 fully saturated rings. The van der Waals surface area contributed by atoms with Gasteiger partial charge in [0.25, 0.3) is 17.4 Å². The number of alkyl halides is 3. The average Bonchev–Trinajstić information content (AvgIpc) is 3.65. The summed E-state index contributed by atoms with van der Waals surface area (Å²) in [6, 6.07) is 13.9. The zero-order valence-electron chi connectivity index (χ0n) is 29.1. The Bertz CT molecular complexity index is 2130. The van der Waals surface area contributed by atoms with Gasteiger partial charge in [0.2, 0.25) is 0 Å². The second-order valence-electron chi connectivity index (χ2n) is 13.4. The van der Waals surface area contributed by atoms with Crippen LogP contribution in [0.25, 0.3) is 22.8 Å². The van der Waals surface area contributed by atoms with Crippen molar-refractivity contribution in [3.8, 4) is 28.8 Å². The van der Waals surface area contributed by atoms with Crippen LogP contribution in [0.15, 0.2) is 77.4 Å². The van der Waals surface area contributed by atoms with Gasteiger partial charge in [0, 0.05) is 32.3 Å². The Hall–Kier alpha value is -5.95. The Balaban J connectivity index is 1.44. The van der Waals surface area contributed by atoms with Crippen molar-refractivity contribution in [2.75, 3.05) is 40.3 Å². The first-order chi connectivity index (χ1) is 24.5. The molecule has 16 heteroatoms. The summed E-state index contributed by atoms with van der Waals surface area (Å²) in [4.78, 5) is 54.5. The third-order valence-corrected chi connectivity index (χ3v) is 8.78. The smallest absolute Gasteiger partial charge is 0.397 e. The third-order valence-electron chi connectivity index (χ3n) is 8.78. The number of carbonyl (C=O) groups is 3. The highest BCUT2D eigenvalue weighted by atomic mass is 19.4. The van der Waals surface area contributed by atoms with Crippen LogP contribution < -0.4 is 16.6 Å². The molecule has 0 bridgehead atoms. The highest BCUT2D eigenvalue weighted by Gasteiger charge is 2.34. The van der Waals surface area contributed by atoms with Crippen LogP contribution >= 0.6 is 0 Å². The molecule has 0 radical (unpaired) electrons. The number of halogens is 3. The van der Waals surface area contributed by atoms with Gasteiger partial charge in [-0.1, -0.05) is 6.07 Å². The molecule has 2 amide bonds. The van der Waals surface area contributed by atoms with Gasteiger partial charge in [0.15, 0.2) is 12.3 Å². The maximum absolute atomic E-state index is 14.1. The third kappa shape index (κ3) is 8.16. The van der Waals surface area contributed by atoms with E-state index in [1.807, 2.05) is 20.2 Å². The molecule has 0 atom stereocenters. The number of nitrogens with zero attached hydrogens (tertiary/aromatic N) is 7. The molecule has 2 aromatic heterocycles. The minimum atomic E-state index is -4.67. The second-order valence-corrected chi connectivity index (χ2v) is 13.4. The van der Waals surface area contributed by atoms with E-state index >= 15 is 0 Å². The predicted octanol–water partition coefficient (Wildman–Crippen LogP) is 3.15. The minimum Gasteiger partial charge on any atom is -0.397 e. The average molecular weight is 719 g/mol. The molecule has 13 nitrogen and oxygen atoms in total. The molecule has 1 aliphatic heterocycles. The van der Waals surface area contributed by atoms with Crippen molar-refractivity contribution < 1.29 is 32.0 Å². The monoisotopic (exact) mass is 718 g/mol. The molecule has 52 heavy (non-hydrogen) atoms. The van der Waals surface area contributed by atoms with Crippen LogP contribution in [-0.4, -0.2) is 92.4 Å². The number of piperidine rings is 1. The number of carbonyl (C=O) groups excluding carboxylic acids is 3. The van der Waals surface area contributed by atoms with Gasteiger partial charge in [0.1, 0.15) is 17.8 Å². The van der Waals surface area contributed by atoms with Crippen molar-refractivity contribution >= 4 is 17.6 Å². The van der Waals surface area contributed by atoms with E-state index < -0.39 is 29.2 Å². The van der Waals surface area contributed by atoms with Gasteiger partial charge < -0.3 is 20.4 Å². The predicted molar refractivity (Wildman–Crippen MR) is 185 cm³/mol. The SMILES string of the molecule is CC(=O)C=C(N)C[N+](C)(C)CC(=O)N1CCC(NC(=O)c2c(-c3ccnn3-c3ccc(C#N)cc3)n(C)n(-c3cccc(C(F)(F)F)c3)c2=O)CC1. The lowest BCUT2D eigenvalue weighted by Gasteiger charge is -2.35. The zero-order valence-corrected chi connectivity index (χ0v) is 29.1. The summed E-state index contributed by atoms with van der Waals surface area (Å²) in [7, 11) is 5.14. The topological polar surface area (TPSA) is 161 Å². The molecular weight excluding hydrogens is 679 g/mol. The van der Waals surface area contributed by atoms with Crippen molar-refractivity contribution in [1.29, 1.82) is 5.26 Å². The van der Waals surface area contributed by atoms with E-state index in [-0.39, 0.29) is 39.7 Å². The van der Waals surface area contributed by atoms with Gasteiger partial charge in [0.05, 0.1) is 60.3 Å². The first-order valence-corrected chi connectivity index (χ1v) is 16.4. The number of rotatable bonds is 10. The largest absolute Gasteiger partial charge is 0.416 e. The number of ketones is 1. The molecule has 1 aliphatic rings. The van der Waals surface area contributed by atoms with Crippen molar-refractivity contribution in [3.05, 3.63) is 99.6 Å². The highest BCUT2D eigenvalue weighted by Crippen LogP contribution is 2.31. The van der Waals surface area contributed by atoms with Crippen molar-refractivity contribution in [2.45, 2.75) is 32.0 Å². The number of amides is 2. The summed E-state index contributed by atoms with van der Waals surface area (Å²) in [5.74, 6) is -1.03. The summed E-state index contributed by atoms with van der Waals surface area (Å²) in [6.45, 7) is 2.52. The van der Waals surface area contributed by atoms with Gasteiger partial charge in [-0.15, -0.1) is 0 Å². The molecule has 3 heterocycles. The van der Waals surface area contributed by atoms with Gasteiger partial charge >= 0.3 is 6.18 Å². The van der Waals surface area contributed by atoms with Gasteiger partial charge in [-0.3, -0.25) is 23.9 Å². The maximum atomic E-state index is 14.1. The summed E-state index contributed by atoms with van der Waals surface area (Å²) in [6.07, 6.45) is -1.09. The minimum absolute atomic E-state index is 0.0984. The molecule has 3 N–H and O–H groups in total. The van der Waals surface area contributed by atoms with Gasteiger partial charge in [-0.2, -0.15) is 23.5 Å². The molecular formula is C36H39F3N9O4+. The van der Waals surface area contributed by atoms with E-state index in [1.165, 1.54) is 47.7 Å². The zero-order chi connectivity index (χ0) is 38.0. The Morgan fingerprint density at radius 2 is 1.73 bits per heavy atom. The lowest BCUT2D eigenvalue weighted by molar-refractivity contribution is -0.878. The van der Waals surface area contributed by atoms with Gasteiger partial charge in [-0.25, -0.2) is 9.36 Å². The number of benzene rings is 2. The van der Waals surface area contributed by atoms with Crippen LogP contribution in [0.3, 0.4) is 0 Å². The number of quaternary nitrogens is 1. The normalized spacial score (nSPS) is 14.3. The van der Waals surface area contributed by atoms with Crippen LogP contribution in [0.2, 0.25) is 0 Å². The molecule has 0 unspecified atom stereocenters. The van der Waals surface area contributed by atoms with E-state index in [1.54, 1.807) is 35.2 Å². The Morgan fingerprint density at radius 1 is 1.06 bits per heavy atom. The quantitative estimate of drug-likeness (QED) is 0.188. The molecule has 4 aromatic rings. The fourth-order valence-corrected chi connectivity index (χ4v) is 6.43. The number of hydrogen-bond donors (Lipinski definition) is 2. The first kappa shape index (κ1) is 37.3. The van der Waals surface area contributed by atoms with Crippen LogP contribution in [0, 0.1) is 11.3 Å². The van der Waals surface area contributed by atoms with E-state index in [0.717, 1.165) is 16.8 Å². The van der Waals surface area contributed by atoms with Crippen molar-refractivity contribution in [3.63, 3.8) is 0 Å². The fourth-order valence-electron chi connectivity index (χ4n) is 6.43. The Kier molecular flexibility index (Phi) is 10.6. The number of allylic oxidation sites excluding steroid dienone is 1.